The van der Waals surface area contributed by atoms with Crippen molar-refractivity contribution < 1.29 is 47.1 Å². The third kappa shape index (κ3) is 13.2. The van der Waals surface area contributed by atoms with Crippen molar-refractivity contribution in [1.82, 2.24) is 0 Å². The minimum Gasteiger partial charge on any atom is -0.497 e. The summed E-state index contributed by atoms with van der Waals surface area (Å²) in [5, 5.41) is 10.6. The molecule has 0 heterocycles. The Kier molecular flexibility index (Phi) is 18.1. The lowest BCUT2D eigenvalue weighted by molar-refractivity contribution is -0.385. The molecule has 0 radical (unpaired) electrons. The molecule has 0 saturated heterocycles. The molecular formula is C41H52NO11PS. The van der Waals surface area contributed by atoms with Crippen LogP contribution in [0.2, 0.25) is 0 Å². The number of nitro groups is 1. The van der Waals surface area contributed by atoms with Gasteiger partial charge in [-0.3, -0.25) is 19.7 Å². The summed E-state index contributed by atoms with van der Waals surface area (Å²) in [6.07, 6.45) is 11.4. The number of hydrogen-bond donors (Lipinski definition) is 0. The van der Waals surface area contributed by atoms with E-state index in [0.29, 0.717) is 28.9 Å². The number of nitrogens with zero attached hydrogens (tertiary/aromatic N) is 1. The highest BCUT2D eigenvalue weighted by Gasteiger charge is 2.62. The first-order chi connectivity index (χ1) is 25.9. The van der Waals surface area contributed by atoms with E-state index >= 15 is 0 Å². The van der Waals surface area contributed by atoms with Crippen LogP contribution in [0.5, 0.6) is 11.5 Å². The molecule has 14 heteroatoms. The number of Topliss-reactive ketones (excluding diaryl/α,β-unsaturated/α-hetero) is 1. The van der Waals surface area contributed by atoms with Gasteiger partial charge in [-0.05, 0) is 80.9 Å². The van der Waals surface area contributed by atoms with E-state index in [1.54, 1.807) is 39.2 Å². The van der Waals surface area contributed by atoms with E-state index in [-0.39, 0.29) is 41.1 Å². The maximum Gasteiger partial charge on any atom is 0.380 e. The molecule has 2 aliphatic carbocycles. The maximum absolute atomic E-state index is 12.7. The van der Waals surface area contributed by atoms with Gasteiger partial charge in [0.1, 0.15) is 17.6 Å². The lowest BCUT2D eigenvalue weighted by Crippen LogP contribution is -2.20. The van der Waals surface area contributed by atoms with Crippen molar-refractivity contribution in [2.45, 2.75) is 60.5 Å². The van der Waals surface area contributed by atoms with Crippen LogP contribution in [0.4, 0.5) is 5.69 Å². The van der Waals surface area contributed by atoms with E-state index in [1.165, 1.54) is 45.1 Å². The van der Waals surface area contributed by atoms with Crippen LogP contribution >= 0.6 is 6.72 Å². The topological polar surface area (TPSA) is 150 Å². The Hall–Kier alpha value is -4.68. The fraction of sp³-hybridized carbons (Fsp3) is 0.390. The number of aryl methyl sites for hydroxylation is 1. The Morgan fingerprint density at radius 1 is 1.05 bits per heavy atom. The van der Waals surface area contributed by atoms with Gasteiger partial charge in [0, 0.05) is 48.8 Å². The number of nitro benzene ring substituents is 1. The largest absolute Gasteiger partial charge is 0.497 e. The maximum atomic E-state index is 12.7. The minimum absolute atomic E-state index is 0.0204. The molecule has 1 fully saturated rings. The van der Waals surface area contributed by atoms with Crippen LogP contribution in [0.3, 0.4) is 0 Å². The number of allylic oxidation sites excluding steroid dienone is 6. The van der Waals surface area contributed by atoms with E-state index in [2.05, 4.69) is 12.7 Å². The number of ketones is 1. The highest BCUT2D eigenvalue weighted by Crippen LogP contribution is 2.60. The number of ether oxygens (including phenoxy) is 3. The first-order valence-electron chi connectivity index (χ1n) is 17.3. The first kappa shape index (κ1) is 46.5. The lowest BCUT2D eigenvalue weighted by atomic mass is 10.1. The molecule has 2 aromatic rings. The lowest BCUT2D eigenvalue weighted by Gasteiger charge is -2.18. The van der Waals surface area contributed by atoms with Gasteiger partial charge >= 0.3 is 18.7 Å². The number of methoxy groups -OCH3 is 2. The molecule has 1 saturated carbocycles. The summed E-state index contributed by atoms with van der Waals surface area (Å²) in [6.45, 7) is 11.9. The molecule has 0 amide bonds. The van der Waals surface area contributed by atoms with E-state index in [0.717, 1.165) is 11.3 Å². The number of rotatable bonds is 14. The van der Waals surface area contributed by atoms with Crippen LogP contribution in [0.1, 0.15) is 58.6 Å². The fourth-order valence-corrected chi connectivity index (χ4v) is 6.70. The Balaban J connectivity index is 0.000000317. The van der Waals surface area contributed by atoms with Gasteiger partial charge in [0.15, 0.2) is 5.78 Å². The van der Waals surface area contributed by atoms with Crippen molar-refractivity contribution in [3.05, 3.63) is 117 Å². The van der Waals surface area contributed by atoms with Gasteiger partial charge in [-0.15, -0.1) is 0 Å². The number of carbonyl (C=O) groups excluding carboxylic acids is 3. The summed E-state index contributed by atoms with van der Waals surface area (Å²) >= 11 is 5.02. The van der Waals surface area contributed by atoms with Crippen molar-refractivity contribution in [3.8, 4) is 11.5 Å². The summed E-state index contributed by atoms with van der Waals surface area (Å²) in [5.41, 5.74) is 3.43. The Bertz CT molecular complexity index is 1870. The van der Waals surface area contributed by atoms with E-state index in [1.807, 2.05) is 64.1 Å². The van der Waals surface area contributed by atoms with Crippen molar-refractivity contribution in [2.24, 2.45) is 17.3 Å². The molecule has 3 atom stereocenters. The predicted molar refractivity (Wildman–Crippen MR) is 217 cm³/mol. The van der Waals surface area contributed by atoms with Crippen LogP contribution in [-0.4, -0.2) is 57.2 Å². The van der Waals surface area contributed by atoms with Crippen molar-refractivity contribution in [1.29, 1.82) is 0 Å². The number of benzene rings is 2. The van der Waals surface area contributed by atoms with Gasteiger partial charge in [-0.1, -0.05) is 69.0 Å². The number of carbonyl (C=O) groups is 3. The Labute approximate surface area is 329 Å². The summed E-state index contributed by atoms with van der Waals surface area (Å²) in [4.78, 5) is 46.7. The summed E-state index contributed by atoms with van der Waals surface area (Å²) in [6, 6.07) is 12.3. The van der Waals surface area contributed by atoms with Crippen LogP contribution < -0.4 is 9.26 Å². The highest BCUT2D eigenvalue weighted by atomic mass is 32.5. The summed E-state index contributed by atoms with van der Waals surface area (Å²) in [5.74, 6) is 0.178. The Morgan fingerprint density at radius 3 is 2.18 bits per heavy atom. The first-order valence-corrected chi connectivity index (χ1v) is 19.9. The molecule has 55 heavy (non-hydrogen) atoms. The second-order valence-electron chi connectivity index (χ2n) is 13.1. The fourth-order valence-electron chi connectivity index (χ4n) is 5.77. The zero-order valence-corrected chi connectivity index (χ0v) is 34.9. The van der Waals surface area contributed by atoms with Gasteiger partial charge in [0.2, 0.25) is 0 Å². The summed E-state index contributed by atoms with van der Waals surface area (Å²) in [7, 11) is 5.78. The van der Waals surface area contributed by atoms with Gasteiger partial charge in [0.25, 0.3) is 5.69 Å². The molecule has 2 aliphatic rings. The third-order valence-corrected chi connectivity index (χ3v) is 11.6. The molecule has 0 spiro atoms. The van der Waals surface area contributed by atoms with Crippen LogP contribution in [-0.2, 0) is 44.7 Å². The molecular weight excluding hydrogens is 745 g/mol. The molecule has 0 unspecified atom stereocenters. The molecule has 12 nitrogen and oxygen atoms in total. The third-order valence-electron chi connectivity index (χ3n) is 9.12. The zero-order chi connectivity index (χ0) is 41.5. The number of esters is 2. The molecule has 0 aliphatic heterocycles. The molecule has 4 rings (SSSR count). The molecule has 0 bridgehead atoms. The normalized spacial score (nSPS) is 18.8. The van der Waals surface area contributed by atoms with Crippen LogP contribution in [0, 0.1) is 34.3 Å². The smallest absolute Gasteiger partial charge is 0.380 e. The summed E-state index contributed by atoms with van der Waals surface area (Å²) < 4.78 is 30.7. The molecule has 298 valence electrons. The van der Waals surface area contributed by atoms with E-state index in [9.17, 15) is 24.5 Å². The standard InChI is InChI=1S/C22H28O5.C10H12O.C9H12NO5PS/c1-7-8-9-10-15-14(3)18(12-17(15)23)27-21(25)19-16(22(19,4)5)11-13(2)20(24)26-6;1-3-4-9-5-7-10(11-2)8-6-9;1-7-6-8(4-5-9(7)10(11)12)15-16(17,13-2)14-3/h7-9,11,16,18-19H,1,10,12H2,2-6H3;3-8H,1-2H3;4-6H,1-3H3/b9-8+,13-11+;4-3+;/t16-,18+,19+;;/m1../s1. The van der Waals surface area contributed by atoms with Crippen molar-refractivity contribution in [3.63, 3.8) is 0 Å². The van der Waals surface area contributed by atoms with E-state index < -0.39 is 23.7 Å². The second kappa shape index (κ2) is 21.4. The minimum atomic E-state index is -2.80. The van der Waals surface area contributed by atoms with Crippen LogP contribution in [0.15, 0.2) is 96.1 Å². The predicted octanol–water partition coefficient (Wildman–Crippen LogP) is 9.24. The molecule has 0 aromatic heterocycles. The molecule has 2 aromatic carbocycles. The zero-order valence-electron chi connectivity index (χ0n) is 33.2. The van der Waals surface area contributed by atoms with Gasteiger partial charge < -0.3 is 27.8 Å². The average Bonchev–Trinajstić information content (AvgIpc) is 3.60. The Morgan fingerprint density at radius 2 is 1.67 bits per heavy atom. The van der Waals surface area contributed by atoms with Crippen molar-refractivity contribution in [2.75, 3.05) is 28.4 Å². The number of hydrogen-bond acceptors (Lipinski definition) is 12. The van der Waals surface area contributed by atoms with Crippen molar-refractivity contribution >= 4 is 48.0 Å². The highest BCUT2D eigenvalue weighted by molar-refractivity contribution is 8.07. The quantitative estimate of drug-likeness (QED) is 0.0448. The van der Waals surface area contributed by atoms with Gasteiger partial charge in [0.05, 0.1) is 31.5 Å². The van der Waals surface area contributed by atoms with Gasteiger partial charge in [-0.25, -0.2) is 4.79 Å². The van der Waals surface area contributed by atoms with Gasteiger partial charge in [-0.2, -0.15) is 0 Å². The average molecular weight is 798 g/mol. The van der Waals surface area contributed by atoms with E-state index in [4.69, 9.17) is 39.6 Å². The molecule has 0 N–H and O–H groups in total. The second-order valence-corrected chi connectivity index (χ2v) is 16.3. The van der Waals surface area contributed by atoms with Crippen LogP contribution in [0.25, 0.3) is 6.08 Å². The SMILES string of the molecule is C/C=C/c1ccc(OC)cc1.C=C/C=C/CC1=C(C)[C@@H](OC(=O)[C@@H]2[C@@H](/C=C(\C)C(=O)OC)C2(C)C)CC1=O.COP(=S)(OC)Oc1ccc([N+](=O)[O-])c(C)c1. The monoisotopic (exact) mass is 797 g/mol.